The molecule has 0 saturated carbocycles. The molecule has 0 bridgehead atoms. The minimum absolute atomic E-state index is 0. The summed E-state index contributed by atoms with van der Waals surface area (Å²) in [5, 5.41) is 2.42. The second-order valence-corrected chi connectivity index (χ2v) is 3.08. The van der Waals surface area contributed by atoms with Gasteiger partial charge in [0, 0.05) is 34.8 Å². The largest absolute Gasteiger partial charge is 0.361 e. The van der Waals surface area contributed by atoms with Gasteiger partial charge in [-0.05, 0) is 23.6 Å². The van der Waals surface area contributed by atoms with Gasteiger partial charge in [-0.1, -0.05) is 12.1 Å². The maximum atomic E-state index is 4.25. The fraction of sp³-hybridized carbons (Fsp3) is 0. The molecule has 0 spiro atoms. The third-order valence-corrected chi connectivity index (χ3v) is 2.31. The van der Waals surface area contributed by atoms with Crippen molar-refractivity contribution in [3.8, 4) is 0 Å². The molecular formula is C11H8CuN2. The summed E-state index contributed by atoms with van der Waals surface area (Å²) in [6.07, 6.45) is 3.78. The Balaban J connectivity index is 0.000000750. The van der Waals surface area contributed by atoms with Crippen molar-refractivity contribution in [2.75, 3.05) is 0 Å². The predicted octanol–water partition coefficient (Wildman–Crippen LogP) is 2.71. The number of aromatic nitrogens is 2. The fourth-order valence-corrected chi connectivity index (χ4v) is 1.68. The molecule has 3 rings (SSSR count). The van der Waals surface area contributed by atoms with Crippen LogP contribution in [0.1, 0.15) is 0 Å². The molecule has 0 saturated heterocycles. The van der Waals surface area contributed by atoms with E-state index in [2.05, 4.69) is 22.1 Å². The Morgan fingerprint density at radius 1 is 1.07 bits per heavy atom. The molecule has 0 aliphatic rings. The first-order valence-electron chi connectivity index (χ1n) is 4.26. The quantitative estimate of drug-likeness (QED) is 0.593. The summed E-state index contributed by atoms with van der Waals surface area (Å²) in [5.41, 5.74) is 2.22. The Kier molecular flexibility index (Phi) is 2.28. The fourth-order valence-electron chi connectivity index (χ4n) is 1.68. The summed E-state index contributed by atoms with van der Waals surface area (Å²) in [6, 6.07) is 10.3. The van der Waals surface area contributed by atoms with Crippen LogP contribution in [0.25, 0.3) is 21.8 Å². The Hall–Kier alpha value is -1.31. The number of rotatable bonds is 0. The van der Waals surface area contributed by atoms with Crippen LogP contribution in [0.4, 0.5) is 0 Å². The van der Waals surface area contributed by atoms with Gasteiger partial charge in [-0.3, -0.25) is 4.98 Å². The third-order valence-electron chi connectivity index (χ3n) is 2.31. The number of nitrogens with zero attached hydrogens (tertiary/aromatic N) is 1. The van der Waals surface area contributed by atoms with Gasteiger partial charge in [0.15, 0.2) is 0 Å². The number of benzene rings is 1. The van der Waals surface area contributed by atoms with Gasteiger partial charge in [-0.25, -0.2) is 0 Å². The number of nitrogens with one attached hydrogen (secondary N) is 1. The van der Waals surface area contributed by atoms with Crippen LogP contribution in [0, 0.1) is 0 Å². The second-order valence-electron chi connectivity index (χ2n) is 3.08. The number of hydrogen-bond acceptors (Lipinski definition) is 1. The van der Waals surface area contributed by atoms with Crippen molar-refractivity contribution in [2.24, 2.45) is 0 Å². The van der Waals surface area contributed by atoms with Crippen LogP contribution in [-0.2, 0) is 17.1 Å². The average Bonchev–Trinajstić information content (AvgIpc) is 2.65. The monoisotopic (exact) mass is 231 g/mol. The molecule has 1 N–H and O–H groups in total. The van der Waals surface area contributed by atoms with Crippen molar-refractivity contribution in [3.63, 3.8) is 0 Å². The molecule has 3 heteroatoms. The first kappa shape index (κ1) is 9.25. The van der Waals surface area contributed by atoms with E-state index < -0.39 is 0 Å². The summed E-state index contributed by atoms with van der Waals surface area (Å²) < 4.78 is 0. The number of fused-ring (bicyclic) bond motifs is 3. The summed E-state index contributed by atoms with van der Waals surface area (Å²) >= 11 is 0. The predicted molar refractivity (Wildman–Crippen MR) is 53.6 cm³/mol. The van der Waals surface area contributed by atoms with Gasteiger partial charge >= 0.3 is 0 Å². The molecular weight excluding hydrogens is 224 g/mol. The smallest absolute Gasteiger partial charge is 0.0723 e. The minimum atomic E-state index is 0. The summed E-state index contributed by atoms with van der Waals surface area (Å²) in [7, 11) is 0. The molecule has 14 heavy (non-hydrogen) atoms. The van der Waals surface area contributed by atoms with E-state index in [4.69, 9.17) is 0 Å². The van der Waals surface area contributed by atoms with Crippen LogP contribution >= 0.6 is 0 Å². The zero-order valence-corrected chi connectivity index (χ0v) is 8.23. The second kappa shape index (κ2) is 3.45. The van der Waals surface area contributed by atoms with Gasteiger partial charge in [-0.2, -0.15) is 0 Å². The van der Waals surface area contributed by atoms with E-state index in [9.17, 15) is 0 Å². The van der Waals surface area contributed by atoms with Gasteiger partial charge in [0.05, 0.1) is 11.0 Å². The Morgan fingerprint density at radius 3 is 2.93 bits per heavy atom. The number of aromatic amines is 1. The summed E-state index contributed by atoms with van der Waals surface area (Å²) in [6.45, 7) is 0. The molecule has 0 fully saturated rings. The standard InChI is InChI=1S/C11H8N2.Cu/c1-2-8-3-4-10-9(5-7-12-10)11(8)13-6-1;/h1-7,13H;. The molecule has 0 unspecified atom stereocenters. The molecule has 0 aliphatic carbocycles. The molecule has 1 aromatic carbocycles. The Bertz CT molecular complexity index is 571. The van der Waals surface area contributed by atoms with E-state index in [1.165, 1.54) is 10.8 Å². The Labute approximate surface area is 91.8 Å². The third kappa shape index (κ3) is 1.22. The van der Waals surface area contributed by atoms with E-state index in [0.717, 1.165) is 11.0 Å². The van der Waals surface area contributed by atoms with Gasteiger partial charge < -0.3 is 4.98 Å². The topological polar surface area (TPSA) is 28.7 Å². The minimum Gasteiger partial charge on any atom is -0.361 e. The van der Waals surface area contributed by atoms with Gasteiger partial charge in [-0.15, -0.1) is 0 Å². The molecule has 0 amide bonds. The van der Waals surface area contributed by atoms with E-state index >= 15 is 0 Å². The van der Waals surface area contributed by atoms with Crippen LogP contribution in [0.2, 0.25) is 0 Å². The first-order chi connectivity index (χ1) is 6.45. The van der Waals surface area contributed by atoms with E-state index in [1.807, 2.05) is 30.6 Å². The molecule has 2 heterocycles. The number of hydrogen-bond donors (Lipinski definition) is 1. The van der Waals surface area contributed by atoms with Gasteiger partial charge in [0.2, 0.25) is 0 Å². The van der Waals surface area contributed by atoms with Crippen molar-refractivity contribution in [3.05, 3.63) is 42.7 Å². The van der Waals surface area contributed by atoms with E-state index in [0.29, 0.717) is 0 Å². The van der Waals surface area contributed by atoms with Crippen LogP contribution in [0.15, 0.2) is 42.7 Å². The summed E-state index contributed by atoms with van der Waals surface area (Å²) in [4.78, 5) is 7.49. The maximum Gasteiger partial charge on any atom is 0.0723 e. The SMILES string of the molecule is [Cu].c1c[nH]c2c(c1)ccc1nccc12. The zero-order valence-electron chi connectivity index (χ0n) is 7.29. The molecule has 3 aromatic rings. The maximum absolute atomic E-state index is 4.25. The molecule has 1 radical (unpaired) electrons. The van der Waals surface area contributed by atoms with Crippen molar-refractivity contribution in [1.29, 1.82) is 0 Å². The van der Waals surface area contributed by atoms with Crippen molar-refractivity contribution < 1.29 is 17.1 Å². The molecule has 2 nitrogen and oxygen atoms in total. The van der Waals surface area contributed by atoms with Crippen LogP contribution < -0.4 is 0 Å². The average molecular weight is 232 g/mol. The van der Waals surface area contributed by atoms with Crippen LogP contribution in [0.5, 0.6) is 0 Å². The van der Waals surface area contributed by atoms with Crippen molar-refractivity contribution in [2.45, 2.75) is 0 Å². The zero-order chi connectivity index (χ0) is 8.67. The first-order valence-corrected chi connectivity index (χ1v) is 4.26. The van der Waals surface area contributed by atoms with Crippen LogP contribution in [0.3, 0.4) is 0 Å². The number of H-pyrrole nitrogens is 1. The summed E-state index contributed by atoms with van der Waals surface area (Å²) in [5.74, 6) is 0. The normalized spacial score (nSPS) is 10.3. The molecule has 2 aromatic heterocycles. The molecule has 0 aliphatic heterocycles. The van der Waals surface area contributed by atoms with Gasteiger partial charge in [0.25, 0.3) is 0 Å². The van der Waals surface area contributed by atoms with Gasteiger partial charge in [0.1, 0.15) is 0 Å². The van der Waals surface area contributed by atoms with Crippen molar-refractivity contribution in [1.82, 2.24) is 9.97 Å². The Morgan fingerprint density at radius 2 is 2.00 bits per heavy atom. The molecule has 73 valence electrons. The molecule has 0 atom stereocenters. The number of pyridine rings is 1. The van der Waals surface area contributed by atoms with Crippen LogP contribution in [-0.4, -0.2) is 9.97 Å². The van der Waals surface area contributed by atoms with E-state index in [-0.39, 0.29) is 17.1 Å². The van der Waals surface area contributed by atoms with E-state index in [1.54, 1.807) is 0 Å². The van der Waals surface area contributed by atoms with Crippen molar-refractivity contribution >= 4 is 21.8 Å².